The number of hydrogen-bond acceptors (Lipinski definition) is 4. The number of hydrogen-bond donors (Lipinski definition) is 1. The van der Waals surface area contributed by atoms with Crippen LogP contribution in [0.5, 0.6) is 0 Å². The highest BCUT2D eigenvalue weighted by Gasteiger charge is 2.49. The Kier molecular flexibility index (Phi) is 3.74. The van der Waals surface area contributed by atoms with E-state index < -0.39 is 5.41 Å². The number of rotatable bonds is 2. The average Bonchev–Trinajstić information content (AvgIpc) is 2.48. The van der Waals surface area contributed by atoms with Gasteiger partial charge in [0, 0.05) is 24.0 Å². The minimum Gasteiger partial charge on any atom is -0.313 e. The van der Waals surface area contributed by atoms with E-state index in [1.54, 1.807) is 0 Å². The summed E-state index contributed by atoms with van der Waals surface area (Å²) in [7, 11) is 0. The van der Waals surface area contributed by atoms with Gasteiger partial charge < -0.3 is 5.21 Å². The van der Waals surface area contributed by atoms with E-state index in [1.807, 2.05) is 41.5 Å². The van der Waals surface area contributed by atoms with Crippen LogP contribution in [0.2, 0.25) is 0 Å². The summed E-state index contributed by atoms with van der Waals surface area (Å²) < 4.78 is 0. The third kappa shape index (κ3) is 2.86. The molecule has 0 spiro atoms. The van der Waals surface area contributed by atoms with E-state index in [0.29, 0.717) is 13.0 Å². The predicted molar refractivity (Wildman–Crippen MR) is 79.6 cm³/mol. The van der Waals surface area contributed by atoms with Crippen LogP contribution in [0.1, 0.15) is 60.8 Å². The molecule has 120 valence electrons. The molecule has 5 heteroatoms. The Morgan fingerprint density at radius 1 is 1.05 bits per heavy atom. The summed E-state index contributed by atoms with van der Waals surface area (Å²) in [6, 6.07) is 0. The van der Waals surface area contributed by atoms with Crippen LogP contribution in [0.4, 0.5) is 0 Å². The van der Waals surface area contributed by atoms with Crippen LogP contribution in [0.3, 0.4) is 0 Å². The van der Waals surface area contributed by atoms with Crippen molar-refractivity contribution in [3.05, 3.63) is 0 Å². The lowest BCUT2D eigenvalue weighted by atomic mass is 9.75. The van der Waals surface area contributed by atoms with Gasteiger partial charge in [0.2, 0.25) is 11.8 Å². The van der Waals surface area contributed by atoms with Crippen LogP contribution in [-0.2, 0) is 9.59 Å². The van der Waals surface area contributed by atoms with Crippen molar-refractivity contribution in [3.8, 4) is 0 Å². The third-order valence-corrected chi connectivity index (χ3v) is 4.88. The smallest absolute Gasteiger partial charge is 0.235 e. The summed E-state index contributed by atoms with van der Waals surface area (Å²) in [6.45, 7) is 12.1. The van der Waals surface area contributed by atoms with Crippen molar-refractivity contribution in [3.63, 3.8) is 0 Å². The molecule has 0 aromatic rings. The van der Waals surface area contributed by atoms with Crippen LogP contribution >= 0.6 is 0 Å². The van der Waals surface area contributed by atoms with E-state index in [-0.39, 0.29) is 28.8 Å². The van der Waals surface area contributed by atoms with Crippen molar-refractivity contribution in [1.82, 2.24) is 9.96 Å². The van der Waals surface area contributed by atoms with Crippen molar-refractivity contribution >= 4 is 11.8 Å². The zero-order valence-corrected chi connectivity index (χ0v) is 14.1. The fraction of sp³-hybridized carbons (Fsp3) is 0.875. The first-order chi connectivity index (χ1) is 9.37. The van der Waals surface area contributed by atoms with Crippen LogP contribution in [0.25, 0.3) is 0 Å². The van der Waals surface area contributed by atoms with Gasteiger partial charge >= 0.3 is 0 Å². The molecule has 5 nitrogen and oxygen atoms in total. The second-order valence-electron chi connectivity index (χ2n) is 8.58. The average molecular weight is 296 g/mol. The Balaban J connectivity index is 2.14. The standard InChI is InChI=1S/C16H28N2O3/c1-14(2)9-12(19)17(13(14)20)10-11-7-15(3,4)18(21)16(5,6)8-11/h11,21H,7-10H2,1-6H3. The highest BCUT2D eigenvalue weighted by atomic mass is 16.5. The zero-order chi connectivity index (χ0) is 16.2. The van der Waals surface area contributed by atoms with Crippen LogP contribution in [-0.4, -0.2) is 44.6 Å². The van der Waals surface area contributed by atoms with Crippen molar-refractivity contribution in [2.75, 3.05) is 6.54 Å². The molecule has 2 aliphatic heterocycles. The van der Waals surface area contributed by atoms with Gasteiger partial charge in [-0.1, -0.05) is 13.8 Å². The number of amides is 2. The molecular weight excluding hydrogens is 268 g/mol. The van der Waals surface area contributed by atoms with Gasteiger partial charge in [-0.2, -0.15) is 5.06 Å². The molecule has 0 radical (unpaired) electrons. The lowest BCUT2D eigenvalue weighted by Crippen LogP contribution is -2.60. The SMILES string of the molecule is CC1(C)CC(=O)N(CC2CC(C)(C)N(O)C(C)(C)C2)C1=O. The summed E-state index contributed by atoms with van der Waals surface area (Å²) >= 11 is 0. The fourth-order valence-corrected chi connectivity index (χ4v) is 4.08. The van der Waals surface area contributed by atoms with E-state index in [9.17, 15) is 14.8 Å². The Morgan fingerprint density at radius 3 is 1.90 bits per heavy atom. The Labute approximate surface area is 127 Å². The molecule has 0 saturated carbocycles. The molecule has 0 aromatic carbocycles. The van der Waals surface area contributed by atoms with Gasteiger partial charge in [0.25, 0.3) is 0 Å². The van der Waals surface area contributed by atoms with E-state index in [2.05, 4.69) is 0 Å². The Hall–Kier alpha value is -0.940. The third-order valence-electron chi connectivity index (χ3n) is 4.88. The maximum atomic E-state index is 12.3. The molecule has 2 fully saturated rings. The minimum atomic E-state index is -0.570. The van der Waals surface area contributed by atoms with E-state index in [1.165, 1.54) is 9.96 Å². The molecule has 0 aliphatic carbocycles. The summed E-state index contributed by atoms with van der Waals surface area (Å²) in [5.41, 5.74) is -1.28. The van der Waals surface area contributed by atoms with Crippen LogP contribution < -0.4 is 0 Å². The molecule has 0 aromatic heterocycles. The molecule has 0 unspecified atom stereocenters. The number of piperidine rings is 1. The van der Waals surface area contributed by atoms with Gasteiger partial charge in [0.05, 0.1) is 5.41 Å². The predicted octanol–water partition coefficient (Wildman–Crippen LogP) is 2.43. The minimum absolute atomic E-state index is 0.0606. The molecule has 2 amide bonds. The van der Waals surface area contributed by atoms with Crippen LogP contribution in [0, 0.1) is 11.3 Å². The Bertz CT molecular complexity index is 450. The first-order valence-electron chi connectivity index (χ1n) is 7.71. The maximum absolute atomic E-state index is 12.3. The number of nitrogens with zero attached hydrogens (tertiary/aromatic N) is 2. The van der Waals surface area contributed by atoms with Gasteiger partial charge in [-0.15, -0.1) is 0 Å². The summed E-state index contributed by atoms with van der Waals surface area (Å²) in [4.78, 5) is 25.9. The van der Waals surface area contributed by atoms with Crippen molar-refractivity contribution < 1.29 is 14.8 Å². The lowest BCUT2D eigenvalue weighted by molar-refractivity contribution is -0.251. The van der Waals surface area contributed by atoms with Gasteiger partial charge in [0.1, 0.15) is 0 Å². The number of likely N-dealkylation sites (tertiary alicyclic amines) is 1. The lowest BCUT2D eigenvalue weighted by Gasteiger charge is -2.52. The molecular formula is C16H28N2O3. The van der Waals surface area contributed by atoms with E-state index >= 15 is 0 Å². The molecule has 1 N–H and O–H groups in total. The molecule has 2 saturated heterocycles. The number of carbonyl (C=O) groups excluding carboxylic acids is 2. The quantitative estimate of drug-likeness (QED) is 0.795. The molecule has 2 rings (SSSR count). The second-order valence-corrected chi connectivity index (χ2v) is 8.58. The molecule has 2 heterocycles. The molecule has 0 atom stereocenters. The summed E-state index contributed by atoms with van der Waals surface area (Å²) in [5, 5.41) is 11.7. The van der Waals surface area contributed by atoms with Crippen molar-refractivity contribution in [2.45, 2.75) is 71.9 Å². The van der Waals surface area contributed by atoms with E-state index in [0.717, 1.165) is 12.8 Å². The second kappa shape index (κ2) is 4.78. The first kappa shape index (κ1) is 16.4. The van der Waals surface area contributed by atoms with Crippen molar-refractivity contribution in [2.24, 2.45) is 11.3 Å². The monoisotopic (exact) mass is 296 g/mol. The van der Waals surface area contributed by atoms with Gasteiger partial charge in [-0.3, -0.25) is 14.5 Å². The molecule has 2 aliphatic rings. The normalized spacial score (nSPS) is 29.2. The van der Waals surface area contributed by atoms with Crippen molar-refractivity contribution in [1.29, 1.82) is 0 Å². The zero-order valence-electron chi connectivity index (χ0n) is 14.1. The largest absolute Gasteiger partial charge is 0.313 e. The fourth-order valence-electron chi connectivity index (χ4n) is 4.08. The number of hydroxylamine groups is 2. The van der Waals surface area contributed by atoms with Gasteiger partial charge in [0.15, 0.2) is 0 Å². The number of carbonyl (C=O) groups is 2. The maximum Gasteiger partial charge on any atom is 0.235 e. The Morgan fingerprint density at radius 2 is 1.52 bits per heavy atom. The first-order valence-corrected chi connectivity index (χ1v) is 7.71. The van der Waals surface area contributed by atoms with E-state index in [4.69, 9.17) is 0 Å². The summed E-state index contributed by atoms with van der Waals surface area (Å²) in [5.74, 6) is 0.0989. The summed E-state index contributed by atoms with van der Waals surface area (Å²) in [6.07, 6.45) is 1.84. The van der Waals surface area contributed by atoms with Gasteiger partial charge in [-0.05, 0) is 46.5 Å². The van der Waals surface area contributed by atoms with Crippen LogP contribution in [0.15, 0.2) is 0 Å². The van der Waals surface area contributed by atoms with Gasteiger partial charge in [-0.25, -0.2) is 0 Å². The molecule has 0 bridgehead atoms. The molecule has 21 heavy (non-hydrogen) atoms. The highest BCUT2D eigenvalue weighted by Crippen LogP contribution is 2.41. The topological polar surface area (TPSA) is 60.9 Å². The number of imide groups is 1. The highest BCUT2D eigenvalue weighted by molar-refractivity contribution is 6.05.